The Morgan fingerprint density at radius 3 is 2.59 bits per heavy atom. The van der Waals surface area contributed by atoms with Gasteiger partial charge in [-0.25, -0.2) is 10.4 Å². The van der Waals surface area contributed by atoms with E-state index >= 15 is 0 Å². The van der Waals surface area contributed by atoms with Crippen LogP contribution in [0.1, 0.15) is 31.2 Å². The Morgan fingerprint density at radius 1 is 1.00 bits per heavy atom. The van der Waals surface area contributed by atoms with Crippen molar-refractivity contribution in [2.75, 3.05) is 0 Å². The topological polar surface area (TPSA) is 54.4 Å². The molecule has 0 aliphatic heterocycles. The minimum atomic E-state index is -0.252. The number of hydrazone groups is 1. The number of carbonyl (C=O) groups is 1. The Bertz CT molecular complexity index is 1240. The van der Waals surface area contributed by atoms with E-state index in [9.17, 15) is 4.79 Å². The van der Waals surface area contributed by atoms with Gasteiger partial charge in [0, 0.05) is 20.7 Å². The van der Waals surface area contributed by atoms with Crippen molar-refractivity contribution >= 4 is 34.4 Å². The van der Waals surface area contributed by atoms with Crippen LogP contribution in [0, 0.1) is 20.8 Å². The molecule has 2 aromatic carbocycles. The summed E-state index contributed by atoms with van der Waals surface area (Å²) in [6, 6.07) is 19.7. The molecule has 4 nitrogen and oxygen atoms in total. The number of pyridine rings is 1. The van der Waals surface area contributed by atoms with E-state index in [1.807, 2.05) is 55.5 Å². The molecule has 0 saturated heterocycles. The quantitative estimate of drug-likeness (QED) is 0.356. The van der Waals surface area contributed by atoms with Crippen molar-refractivity contribution in [3.8, 4) is 11.3 Å². The number of rotatable bonds is 4. The van der Waals surface area contributed by atoms with Crippen LogP contribution in [0.2, 0.25) is 0 Å². The summed E-state index contributed by atoms with van der Waals surface area (Å²) in [5, 5.41) is 4.94. The first-order valence-corrected chi connectivity index (χ1v) is 10.2. The van der Waals surface area contributed by atoms with Gasteiger partial charge in [-0.2, -0.15) is 5.10 Å². The second kappa shape index (κ2) is 7.97. The van der Waals surface area contributed by atoms with Crippen LogP contribution in [0.25, 0.3) is 22.2 Å². The summed E-state index contributed by atoms with van der Waals surface area (Å²) in [5.74, 6) is -0.252. The first-order valence-electron chi connectivity index (χ1n) is 9.38. The first kappa shape index (κ1) is 19.0. The van der Waals surface area contributed by atoms with E-state index in [1.54, 1.807) is 17.6 Å². The monoisotopic (exact) mass is 399 g/mol. The van der Waals surface area contributed by atoms with Crippen LogP contribution in [-0.2, 0) is 0 Å². The van der Waals surface area contributed by atoms with Gasteiger partial charge >= 0.3 is 0 Å². The zero-order chi connectivity index (χ0) is 20.4. The molecule has 144 valence electrons. The predicted octanol–water partition coefficient (Wildman–Crippen LogP) is 5.65. The number of benzene rings is 2. The van der Waals surface area contributed by atoms with Gasteiger partial charge in [-0.15, -0.1) is 11.3 Å². The van der Waals surface area contributed by atoms with Gasteiger partial charge in [0.15, 0.2) is 0 Å². The van der Waals surface area contributed by atoms with E-state index in [0.29, 0.717) is 5.56 Å². The number of hydrogen-bond acceptors (Lipinski definition) is 4. The Labute approximate surface area is 173 Å². The second-order valence-corrected chi connectivity index (χ2v) is 8.34. The third-order valence-corrected chi connectivity index (χ3v) is 5.82. The van der Waals surface area contributed by atoms with Gasteiger partial charge in [-0.05, 0) is 62.2 Å². The van der Waals surface area contributed by atoms with Crippen LogP contribution in [0.15, 0.2) is 65.8 Å². The molecule has 0 aliphatic rings. The number of amides is 1. The zero-order valence-corrected chi connectivity index (χ0v) is 17.4. The number of nitrogens with zero attached hydrogens (tertiary/aromatic N) is 2. The van der Waals surface area contributed by atoms with Gasteiger partial charge in [0.25, 0.3) is 5.91 Å². The molecule has 0 bridgehead atoms. The largest absolute Gasteiger partial charge is 0.272 e. The summed E-state index contributed by atoms with van der Waals surface area (Å²) in [7, 11) is 0. The SMILES string of the molecule is Cc1ccc(C=NNC(=O)c2cc(-c3ccc(C)c(C)c3)nc3ccccc23)s1. The van der Waals surface area contributed by atoms with E-state index in [4.69, 9.17) is 4.98 Å². The molecule has 4 aromatic rings. The molecular formula is C24H21N3OS. The highest BCUT2D eigenvalue weighted by molar-refractivity contribution is 7.13. The number of fused-ring (bicyclic) bond motifs is 1. The summed E-state index contributed by atoms with van der Waals surface area (Å²) in [4.78, 5) is 19.9. The lowest BCUT2D eigenvalue weighted by Gasteiger charge is -2.10. The highest BCUT2D eigenvalue weighted by Crippen LogP contribution is 2.26. The Morgan fingerprint density at radius 2 is 1.83 bits per heavy atom. The maximum absolute atomic E-state index is 12.9. The highest BCUT2D eigenvalue weighted by atomic mass is 32.1. The smallest absolute Gasteiger partial charge is 0.267 e. The number of aromatic nitrogens is 1. The normalized spacial score (nSPS) is 11.3. The van der Waals surface area contributed by atoms with Gasteiger partial charge < -0.3 is 0 Å². The number of hydrogen-bond donors (Lipinski definition) is 1. The van der Waals surface area contributed by atoms with Crippen molar-refractivity contribution in [1.29, 1.82) is 0 Å². The van der Waals surface area contributed by atoms with Crippen LogP contribution < -0.4 is 5.43 Å². The molecule has 0 radical (unpaired) electrons. The van der Waals surface area contributed by atoms with Crippen molar-refractivity contribution in [3.05, 3.63) is 87.1 Å². The molecule has 5 heteroatoms. The fourth-order valence-corrected chi connectivity index (χ4v) is 3.90. The van der Waals surface area contributed by atoms with E-state index < -0.39 is 0 Å². The van der Waals surface area contributed by atoms with E-state index in [2.05, 4.69) is 36.5 Å². The van der Waals surface area contributed by atoms with Crippen LogP contribution >= 0.6 is 11.3 Å². The minimum Gasteiger partial charge on any atom is -0.267 e. The summed E-state index contributed by atoms with van der Waals surface area (Å²) >= 11 is 1.63. The summed E-state index contributed by atoms with van der Waals surface area (Å²) in [5.41, 5.74) is 8.19. The summed E-state index contributed by atoms with van der Waals surface area (Å²) < 4.78 is 0. The fraction of sp³-hybridized carbons (Fsp3) is 0.125. The van der Waals surface area contributed by atoms with Gasteiger partial charge in [0.1, 0.15) is 0 Å². The molecule has 29 heavy (non-hydrogen) atoms. The van der Waals surface area contributed by atoms with Crippen molar-refractivity contribution < 1.29 is 4.79 Å². The molecule has 2 heterocycles. The predicted molar refractivity (Wildman–Crippen MR) is 121 cm³/mol. The van der Waals surface area contributed by atoms with E-state index in [1.165, 1.54) is 16.0 Å². The van der Waals surface area contributed by atoms with Crippen LogP contribution in [0.4, 0.5) is 0 Å². The van der Waals surface area contributed by atoms with Gasteiger partial charge in [-0.3, -0.25) is 4.79 Å². The van der Waals surface area contributed by atoms with Gasteiger partial charge in [0.05, 0.1) is 23.0 Å². The summed E-state index contributed by atoms with van der Waals surface area (Å²) in [6.45, 7) is 6.20. The molecule has 2 aromatic heterocycles. The van der Waals surface area contributed by atoms with Crippen LogP contribution in [0.3, 0.4) is 0 Å². The number of nitrogens with one attached hydrogen (secondary N) is 1. The summed E-state index contributed by atoms with van der Waals surface area (Å²) in [6.07, 6.45) is 1.67. The average Bonchev–Trinajstić information content (AvgIpc) is 3.14. The lowest BCUT2D eigenvalue weighted by Crippen LogP contribution is -2.18. The Balaban J connectivity index is 1.71. The molecule has 1 N–H and O–H groups in total. The zero-order valence-electron chi connectivity index (χ0n) is 16.6. The van der Waals surface area contributed by atoms with E-state index in [0.717, 1.165) is 27.0 Å². The maximum Gasteiger partial charge on any atom is 0.272 e. The van der Waals surface area contributed by atoms with Crippen molar-refractivity contribution in [3.63, 3.8) is 0 Å². The van der Waals surface area contributed by atoms with Crippen molar-refractivity contribution in [1.82, 2.24) is 10.4 Å². The molecule has 0 atom stereocenters. The molecule has 0 spiro atoms. The number of aryl methyl sites for hydroxylation is 3. The third-order valence-electron chi connectivity index (χ3n) is 4.88. The van der Waals surface area contributed by atoms with Crippen molar-refractivity contribution in [2.24, 2.45) is 5.10 Å². The minimum absolute atomic E-state index is 0.252. The molecule has 0 fully saturated rings. The Kier molecular flexibility index (Phi) is 5.23. The second-order valence-electron chi connectivity index (χ2n) is 7.02. The lowest BCUT2D eigenvalue weighted by molar-refractivity contribution is 0.0957. The molecule has 0 aliphatic carbocycles. The van der Waals surface area contributed by atoms with Crippen LogP contribution in [0.5, 0.6) is 0 Å². The molecule has 0 saturated carbocycles. The molecule has 0 unspecified atom stereocenters. The van der Waals surface area contributed by atoms with Crippen molar-refractivity contribution in [2.45, 2.75) is 20.8 Å². The molecular weight excluding hydrogens is 378 g/mol. The molecule has 4 rings (SSSR count). The molecule has 1 amide bonds. The first-order chi connectivity index (χ1) is 14.0. The third kappa shape index (κ3) is 4.10. The number of carbonyl (C=O) groups excluding carboxylic acids is 1. The number of thiophene rings is 1. The Hall–Kier alpha value is -3.31. The average molecular weight is 400 g/mol. The lowest BCUT2D eigenvalue weighted by atomic mass is 10.0. The van der Waals surface area contributed by atoms with Gasteiger partial charge in [-0.1, -0.05) is 30.3 Å². The maximum atomic E-state index is 12.9. The number of para-hydroxylation sites is 1. The highest BCUT2D eigenvalue weighted by Gasteiger charge is 2.14. The standard InChI is InChI=1S/C24H21N3OS/c1-15-8-10-18(12-16(15)2)23-13-21(20-6-4-5-7-22(20)26-23)24(28)27-25-14-19-11-9-17(3)29-19/h4-14H,1-3H3,(H,27,28). The van der Waals surface area contributed by atoms with E-state index in [-0.39, 0.29) is 5.91 Å². The fourth-order valence-electron chi connectivity index (χ4n) is 3.15. The van der Waals surface area contributed by atoms with Gasteiger partial charge in [0.2, 0.25) is 0 Å². The van der Waals surface area contributed by atoms with Crippen LogP contribution in [-0.4, -0.2) is 17.1 Å².